The van der Waals surface area contributed by atoms with Crippen LogP contribution >= 0.6 is 11.8 Å². The number of carbonyl (C=O) groups is 1. The van der Waals surface area contributed by atoms with E-state index in [1.165, 1.54) is 11.8 Å². The van der Waals surface area contributed by atoms with Crippen molar-refractivity contribution in [3.8, 4) is 11.4 Å². The van der Waals surface area contributed by atoms with Crippen molar-refractivity contribution in [3.05, 3.63) is 88.2 Å². The first-order valence-corrected chi connectivity index (χ1v) is 11.7. The minimum atomic E-state index is -0.207. The number of hydrogen-bond acceptors (Lipinski definition) is 5. The van der Waals surface area contributed by atoms with E-state index in [-0.39, 0.29) is 17.2 Å². The quantitative estimate of drug-likeness (QED) is 0.306. The van der Waals surface area contributed by atoms with E-state index in [4.69, 9.17) is 9.72 Å². The van der Waals surface area contributed by atoms with Crippen LogP contribution in [-0.4, -0.2) is 27.8 Å². The van der Waals surface area contributed by atoms with Crippen LogP contribution in [0.15, 0.2) is 76.7 Å². The zero-order valence-corrected chi connectivity index (χ0v) is 19.6. The van der Waals surface area contributed by atoms with Crippen molar-refractivity contribution in [1.82, 2.24) is 9.55 Å². The van der Waals surface area contributed by atoms with Crippen molar-refractivity contribution in [2.45, 2.75) is 25.9 Å². The maximum absolute atomic E-state index is 13.4. The van der Waals surface area contributed by atoms with E-state index in [0.717, 1.165) is 16.8 Å². The lowest BCUT2D eigenvalue weighted by Gasteiger charge is -2.15. The summed E-state index contributed by atoms with van der Waals surface area (Å²) in [6, 6.07) is 20.5. The van der Waals surface area contributed by atoms with Gasteiger partial charge in [0.2, 0.25) is 5.91 Å². The summed E-state index contributed by atoms with van der Waals surface area (Å²) in [5.74, 6) is 0.506. The maximum Gasteiger partial charge on any atom is 0.266 e. The van der Waals surface area contributed by atoms with Crippen LogP contribution in [0.3, 0.4) is 0 Å². The number of aromatic nitrogens is 2. The summed E-state index contributed by atoms with van der Waals surface area (Å²) in [7, 11) is 0. The monoisotopic (exact) mass is 459 g/mol. The van der Waals surface area contributed by atoms with Crippen LogP contribution in [0.4, 0.5) is 5.69 Å². The van der Waals surface area contributed by atoms with Crippen molar-refractivity contribution in [2.24, 2.45) is 0 Å². The van der Waals surface area contributed by atoms with E-state index in [9.17, 15) is 9.59 Å². The SMILES string of the molecule is CCOc1ccccc1NC(=O)CSc1nc2ccccc2c(=O)n1-c1cc(C)cc(C)c1. The van der Waals surface area contributed by atoms with Gasteiger partial charge in [-0.3, -0.25) is 14.2 Å². The molecule has 6 nitrogen and oxygen atoms in total. The minimum absolute atomic E-state index is 0.0933. The van der Waals surface area contributed by atoms with Gasteiger partial charge < -0.3 is 10.1 Å². The summed E-state index contributed by atoms with van der Waals surface area (Å²) < 4.78 is 7.18. The van der Waals surface area contributed by atoms with Gasteiger partial charge in [-0.2, -0.15) is 0 Å². The Morgan fingerprint density at radius 2 is 1.73 bits per heavy atom. The standard InChI is InChI=1S/C26H25N3O3S/c1-4-32-23-12-8-7-11-22(23)27-24(30)16-33-26-28-21-10-6-5-9-20(21)25(31)29(26)19-14-17(2)13-18(3)15-19/h5-15H,4,16H2,1-3H3,(H,27,30). The van der Waals surface area contributed by atoms with Crippen molar-refractivity contribution in [2.75, 3.05) is 17.7 Å². The molecule has 0 saturated carbocycles. The molecule has 4 aromatic rings. The Balaban J connectivity index is 1.67. The average Bonchev–Trinajstić information content (AvgIpc) is 2.78. The molecule has 0 spiro atoms. The molecule has 33 heavy (non-hydrogen) atoms. The number of thioether (sulfide) groups is 1. The first-order valence-electron chi connectivity index (χ1n) is 10.7. The smallest absolute Gasteiger partial charge is 0.266 e. The molecule has 7 heteroatoms. The normalized spacial score (nSPS) is 10.9. The molecule has 0 bridgehead atoms. The van der Waals surface area contributed by atoms with Crippen LogP contribution in [0.2, 0.25) is 0 Å². The molecule has 3 aromatic carbocycles. The number of benzene rings is 3. The molecule has 0 unspecified atom stereocenters. The molecule has 1 aromatic heterocycles. The van der Waals surface area contributed by atoms with Crippen LogP contribution in [0.5, 0.6) is 5.75 Å². The predicted molar refractivity (Wildman–Crippen MR) is 134 cm³/mol. The third kappa shape index (κ3) is 5.09. The van der Waals surface area contributed by atoms with Gasteiger partial charge in [0.05, 0.1) is 34.6 Å². The number of para-hydroxylation sites is 3. The number of nitrogens with zero attached hydrogens (tertiary/aromatic N) is 2. The van der Waals surface area contributed by atoms with Crippen LogP contribution in [-0.2, 0) is 4.79 Å². The van der Waals surface area contributed by atoms with Crippen LogP contribution in [0.25, 0.3) is 16.6 Å². The van der Waals surface area contributed by atoms with E-state index in [1.807, 2.05) is 69.3 Å². The van der Waals surface area contributed by atoms with E-state index < -0.39 is 0 Å². The molecule has 1 N–H and O–H groups in total. The molecule has 0 atom stereocenters. The number of aryl methyl sites for hydroxylation is 2. The number of amides is 1. The molecule has 0 fully saturated rings. The summed E-state index contributed by atoms with van der Waals surface area (Å²) >= 11 is 1.23. The summed E-state index contributed by atoms with van der Waals surface area (Å²) in [6.07, 6.45) is 0. The van der Waals surface area contributed by atoms with Crippen molar-refractivity contribution in [3.63, 3.8) is 0 Å². The van der Waals surface area contributed by atoms with Gasteiger partial charge in [-0.05, 0) is 68.3 Å². The van der Waals surface area contributed by atoms with E-state index in [2.05, 4.69) is 11.4 Å². The number of fused-ring (bicyclic) bond motifs is 1. The highest BCUT2D eigenvalue weighted by atomic mass is 32.2. The molecule has 0 radical (unpaired) electrons. The van der Waals surface area contributed by atoms with Gasteiger partial charge in [-0.1, -0.05) is 42.1 Å². The zero-order chi connectivity index (χ0) is 23.4. The number of rotatable bonds is 7. The highest BCUT2D eigenvalue weighted by Crippen LogP contribution is 2.26. The van der Waals surface area contributed by atoms with Gasteiger partial charge in [-0.15, -0.1) is 0 Å². The van der Waals surface area contributed by atoms with E-state index >= 15 is 0 Å². The molecule has 0 aliphatic heterocycles. The lowest BCUT2D eigenvalue weighted by molar-refractivity contribution is -0.113. The summed E-state index contributed by atoms with van der Waals surface area (Å²) in [5.41, 5.74) is 3.89. The van der Waals surface area contributed by atoms with Crippen molar-refractivity contribution in [1.29, 1.82) is 0 Å². The lowest BCUT2D eigenvalue weighted by Crippen LogP contribution is -2.23. The summed E-state index contributed by atoms with van der Waals surface area (Å²) in [5, 5.41) is 3.90. The topological polar surface area (TPSA) is 73.2 Å². The fourth-order valence-corrected chi connectivity index (χ4v) is 4.50. The van der Waals surface area contributed by atoms with Crippen LogP contribution in [0.1, 0.15) is 18.1 Å². The number of carbonyl (C=O) groups excluding carboxylic acids is 1. The molecule has 0 aliphatic carbocycles. The molecule has 1 heterocycles. The number of hydrogen-bond donors (Lipinski definition) is 1. The molecular weight excluding hydrogens is 434 g/mol. The van der Waals surface area contributed by atoms with Crippen LogP contribution < -0.4 is 15.6 Å². The Labute approximate surface area is 196 Å². The second kappa shape index (κ2) is 9.92. The first-order chi connectivity index (χ1) is 16.0. The highest BCUT2D eigenvalue weighted by molar-refractivity contribution is 7.99. The highest BCUT2D eigenvalue weighted by Gasteiger charge is 2.16. The van der Waals surface area contributed by atoms with E-state index in [1.54, 1.807) is 16.7 Å². The molecule has 1 amide bonds. The molecule has 0 aliphatic rings. The van der Waals surface area contributed by atoms with Gasteiger partial charge in [-0.25, -0.2) is 4.98 Å². The maximum atomic E-state index is 13.4. The molecule has 4 rings (SSSR count). The van der Waals surface area contributed by atoms with Crippen LogP contribution in [0, 0.1) is 13.8 Å². The van der Waals surface area contributed by atoms with Gasteiger partial charge in [0.1, 0.15) is 5.75 Å². The van der Waals surface area contributed by atoms with Crippen molar-refractivity contribution < 1.29 is 9.53 Å². The predicted octanol–water partition coefficient (Wildman–Crippen LogP) is 5.13. The second-order valence-corrected chi connectivity index (χ2v) is 8.61. The number of anilines is 1. The molecular formula is C26H25N3O3S. The fraction of sp³-hybridized carbons (Fsp3) is 0.192. The third-order valence-corrected chi connectivity index (χ3v) is 5.94. The Bertz CT molecular complexity index is 1360. The van der Waals surface area contributed by atoms with Gasteiger partial charge in [0, 0.05) is 0 Å². The van der Waals surface area contributed by atoms with Gasteiger partial charge >= 0.3 is 0 Å². The van der Waals surface area contributed by atoms with Crippen molar-refractivity contribution >= 4 is 34.3 Å². The fourth-order valence-electron chi connectivity index (χ4n) is 3.68. The average molecular weight is 460 g/mol. The number of nitrogens with one attached hydrogen (secondary N) is 1. The number of ether oxygens (including phenoxy) is 1. The summed E-state index contributed by atoms with van der Waals surface area (Å²) in [4.78, 5) is 30.9. The molecule has 168 valence electrons. The largest absolute Gasteiger partial charge is 0.492 e. The zero-order valence-electron chi connectivity index (χ0n) is 18.8. The van der Waals surface area contributed by atoms with Gasteiger partial charge in [0.15, 0.2) is 5.16 Å². The second-order valence-electron chi connectivity index (χ2n) is 7.66. The Morgan fingerprint density at radius 1 is 1.03 bits per heavy atom. The Kier molecular flexibility index (Phi) is 6.79. The lowest BCUT2D eigenvalue weighted by atomic mass is 10.1. The summed E-state index contributed by atoms with van der Waals surface area (Å²) in [6.45, 7) is 6.38. The Hall–Kier alpha value is -3.58. The Morgan fingerprint density at radius 3 is 2.48 bits per heavy atom. The first kappa shape index (κ1) is 22.6. The van der Waals surface area contributed by atoms with E-state index in [0.29, 0.717) is 34.1 Å². The molecule has 0 saturated heterocycles. The minimum Gasteiger partial charge on any atom is -0.492 e. The third-order valence-electron chi connectivity index (χ3n) is 5.00. The van der Waals surface area contributed by atoms with Gasteiger partial charge in [0.25, 0.3) is 5.56 Å².